The quantitative estimate of drug-likeness (QED) is 0.771. The minimum atomic E-state index is 0.151. The van der Waals surface area contributed by atoms with Crippen LogP contribution in [0.3, 0.4) is 0 Å². The zero-order valence-electron chi connectivity index (χ0n) is 10.0. The van der Waals surface area contributed by atoms with Gasteiger partial charge in [-0.2, -0.15) is 15.0 Å². The largest absolute Gasteiger partial charge is 0.368 e. The van der Waals surface area contributed by atoms with E-state index in [1.54, 1.807) is 29.5 Å². The maximum absolute atomic E-state index is 5.72. The molecule has 3 aromatic heterocycles. The highest BCUT2D eigenvalue weighted by molar-refractivity contribution is 9.10. The Morgan fingerprint density at radius 1 is 1.20 bits per heavy atom. The number of rotatable bonds is 3. The van der Waals surface area contributed by atoms with Crippen molar-refractivity contribution in [3.05, 3.63) is 41.5 Å². The first-order valence-electron chi connectivity index (χ1n) is 5.50. The number of nitrogens with two attached hydrogens (primary N) is 1. The maximum Gasteiger partial charge on any atom is 0.240 e. The molecular weight excluding hydrogens is 342 g/mol. The number of aromatic nitrogens is 6. The van der Waals surface area contributed by atoms with E-state index in [9.17, 15) is 0 Å². The van der Waals surface area contributed by atoms with Gasteiger partial charge in [0.25, 0.3) is 0 Å². The summed E-state index contributed by atoms with van der Waals surface area (Å²) in [6.45, 7) is 0. The van der Waals surface area contributed by atoms with Gasteiger partial charge in [0, 0.05) is 18.6 Å². The van der Waals surface area contributed by atoms with Crippen molar-refractivity contribution in [3.63, 3.8) is 0 Å². The van der Waals surface area contributed by atoms with Gasteiger partial charge >= 0.3 is 0 Å². The summed E-state index contributed by atoms with van der Waals surface area (Å²) in [6, 6.07) is 3.74. The van der Waals surface area contributed by atoms with Crippen LogP contribution in [0.1, 0.15) is 0 Å². The summed E-state index contributed by atoms with van der Waals surface area (Å²) in [5.74, 6) is 0.572. The first-order valence-corrected chi connectivity index (χ1v) is 7.11. The molecule has 0 aliphatic carbocycles. The van der Waals surface area contributed by atoms with E-state index in [0.29, 0.717) is 11.1 Å². The lowest BCUT2D eigenvalue weighted by molar-refractivity contribution is 0.831. The van der Waals surface area contributed by atoms with Crippen LogP contribution in [0.2, 0.25) is 0 Å². The second-order valence-electron chi connectivity index (χ2n) is 3.64. The summed E-state index contributed by atoms with van der Waals surface area (Å²) in [5, 5.41) is 1.23. The lowest BCUT2D eigenvalue weighted by Crippen LogP contribution is -2.06. The summed E-state index contributed by atoms with van der Waals surface area (Å²) in [4.78, 5) is 20.7. The van der Waals surface area contributed by atoms with Gasteiger partial charge in [-0.3, -0.25) is 4.57 Å². The molecule has 0 radical (unpaired) electrons. The van der Waals surface area contributed by atoms with Gasteiger partial charge in [0.1, 0.15) is 11.4 Å². The zero-order valence-corrected chi connectivity index (χ0v) is 12.4. The highest BCUT2D eigenvalue weighted by Crippen LogP contribution is 2.29. The van der Waals surface area contributed by atoms with Crippen LogP contribution in [0.4, 0.5) is 5.95 Å². The standard InChI is InChI=1S/C11H8BrN7S/c12-7-2-1-3-15-8(7)20-11-17-9(13)16-10(18-11)19-5-4-14-6-19/h1-6H,(H2,13,16,17,18). The average molecular weight is 350 g/mol. The Hall–Kier alpha value is -2.00. The van der Waals surface area contributed by atoms with E-state index in [4.69, 9.17) is 5.73 Å². The Balaban J connectivity index is 1.97. The lowest BCUT2D eigenvalue weighted by atomic mass is 10.5. The number of nitrogens with zero attached hydrogens (tertiary/aromatic N) is 6. The van der Waals surface area contributed by atoms with Crippen LogP contribution in [0.5, 0.6) is 0 Å². The number of hydrogen-bond acceptors (Lipinski definition) is 7. The molecule has 3 rings (SSSR count). The maximum atomic E-state index is 5.72. The molecule has 0 amide bonds. The summed E-state index contributed by atoms with van der Waals surface area (Å²) in [7, 11) is 0. The number of hydrogen-bond donors (Lipinski definition) is 1. The average Bonchev–Trinajstić information content (AvgIpc) is 2.95. The number of anilines is 1. The first-order chi connectivity index (χ1) is 9.72. The Morgan fingerprint density at radius 2 is 2.10 bits per heavy atom. The van der Waals surface area contributed by atoms with Gasteiger partial charge in [0.15, 0.2) is 0 Å². The molecule has 20 heavy (non-hydrogen) atoms. The molecule has 2 N–H and O–H groups in total. The Bertz CT molecular complexity index is 731. The van der Waals surface area contributed by atoms with Gasteiger partial charge in [0.2, 0.25) is 17.1 Å². The van der Waals surface area contributed by atoms with Gasteiger partial charge < -0.3 is 5.73 Å². The monoisotopic (exact) mass is 349 g/mol. The van der Waals surface area contributed by atoms with E-state index in [0.717, 1.165) is 9.50 Å². The van der Waals surface area contributed by atoms with Crippen molar-refractivity contribution in [2.24, 2.45) is 0 Å². The van der Waals surface area contributed by atoms with E-state index in [1.165, 1.54) is 11.8 Å². The molecule has 9 heteroatoms. The predicted octanol–water partition coefficient (Wildman–Crippen LogP) is 1.95. The first kappa shape index (κ1) is 13.0. The number of nitrogen functional groups attached to an aromatic ring is 1. The molecule has 0 spiro atoms. The van der Waals surface area contributed by atoms with Gasteiger partial charge in [-0.05, 0) is 39.8 Å². The Morgan fingerprint density at radius 3 is 2.85 bits per heavy atom. The SMILES string of the molecule is Nc1nc(Sc2ncccc2Br)nc(-n2ccnc2)n1. The third-order valence-corrected chi connectivity index (χ3v) is 4.05. The van der Waals surface area contributed by atoms with Crippen molar-refractivity contribution in [2.75, 3.05) is 5.73 Å². The summed E-state index contributed by atoms with van der Waals surface area (Å²) < 4.78 is 2.53. The molecule has 0 bridgehead atoms. The van der Waals surface area contributed by atoms with Crippen LogP contribution >= 0.6 is 27.7 Å². The topological polar surface area (TPSA) is 95.4 Å². The van der Waals surface area contributed by atoms with Crippen LogP contribution in [0, 0.1) is 0 Å². The fourth-order valence-corrected chi connectivity index (χ4v) is 2.65. The smallest absolute Gasteiger partial charge is 0.240 e. The molecule has 3 aromatic rings. The molecular formula is C11H8BrN7S. The molecule has 0 aromatic carbocycles. The number of imidazole rings is 1. The van der Waals surface area contributed by atoms with E-state index in [-0.39, 0.29) is 5.95 Å². The summed E-state index contributed by atoms with van der Waals surface area (Å²) in [6.07, 6.45) is 6.68. The molecule has 0 saturated carbocycles. The molecule has 0 fully saturated rings. The number of pyridine rings is 1. The molecule has 0 atom stereocenters. The highest BCUT2D eigenvalue weighted by atomic mass is 79.9. The minimum absolute atomic E-state index is 0.151. The third-order valence-electron chi connectivity index (χ3n) is 2.27. The third kappa shape index (κ3) is 2.78. The van der Waals surface area contributed by atoms with Crippen molar-refractivity contribution in [1.29, 1.82) is 0 Å². The van der Waals surface area contributed by atoms with E-state index < -0.39 is 0 Å². The fraction of sp³-hybridized carbons (Fsp3) is 0. The van der Waals surface area contributed by atoms with Gasteiger partial charge in [-0.15, -0.1) is 0 Å². The lowest BCUT2D eigenvalue weighted by Gasteiger charge is -2.05. The van der Waals surface area contributed by atoms with Crippen molar-refractivity contribution in [2.45, 2.75) is 10.2 Å². The molecule has 3 heterocycles. The van der Waals surface area contributed by atoms with E-state index >= 15 is 0 Å². The van der Waals surface area contributed by atoms with Crippen LogP contribution in [0.15, 0.2) is 51.7 Å². The van der Waals surface area contributed by atoms with Crippen LogP contribution in [-0.4, -0.2) is 29.5 Å². The second-order valence-corrected chi connectivity index (χ2v) is 5.45. The van der Waals surface area contributed by atoms with Crippen molar-refractivity contribution >= 4 is 33.6 Å². The molecule has 0 saturated heterocycles. The number of halogens is 1. The van der Waals surface area contributed by atoms with Crippen LogP contribution in [0.25, 0.3) is 5.95 Å². The molecule has 100 valence electrons. The molecule has 0 aliphatic rings. The molecule has 0 unspecified atom stereocenters. The normalized spacial score (nSPS) is 10.7. The second kappa shape index (κ2) is 5.55. The minimum Gasteiger partial charge on any atom is -0.368 e. The van der Waals surface area contributed by atoms with Crippen molar-refractivity contribution < 1.29 is 0 Å². The van der Waals surface area contributed by atoms with Crippen LogP contribution in [-0.2, 0) is 0 Å². The van der Waals surface area contributed by atoms with Crippen molar-refractivity contribution in [1.82, 2.24) is 29.5 Å². The highest BCUT2D eigenvalue weighted by Gasteiger charge is 2.10. The van der Waals surface area contributed by atoms with E-state index in [2.05, 4.69) is 40.8 Å². The predicted molar refractivity (Wildman–Crippen MR) is 77.4 cm³/mol. The Kier molecular flexibility index (Phi) is 3.61. The van der Waals surface area contributed by atoms with Gasteiger partial charge in [-0.1, -0.05) is 0 Å². The van der Waals surface area contributed by atoms with Crippen LogP contribution < -0.4 is 5.73 Å². The van der Waals surface area contributed by atoms with Crippen molar-refractivity contribution in [3.8, 4) is 5.95 Å². The summed E-state index contributed by atoms with van der Waals surface area (Å²) in [5.41, 5.74) is 5.72. The van der Waals surface area contributed by atoms with Gasteiger partial charge in [-0.25, -0.2) is 9.97 Å². The zero-order chi connectivity index (χ0) is 13.9. The van der Waals surface area contributed by atoms with Gasteiger partial charge in [0.05, 0.1) is 4.47 Å². The molecule has 7 nitrogen and oxygen atoms in total. The fourth-order valence-electron chi connectivity index (χ4n) is 1.43. The molecule has 0 aliphatic heterocycles. The van der Waals surface area contributed by atoms with E-state index in [1.807, 2.05) is 12.1 Å². The Labute approximate surface area is 126 Å². The summed E-state index contributed by atoms with van der Waals surface area (Å²) >= 11 is 4.73.